The van der Waals surface area contributed by atoms with Crippen LogP contribution >= 0.6 is 11.6 Å². The van der Waals surface area contributed by atoms with Crippen LogP contribution in [0.1, 0.15) is 36.0 Å². The average molecular weight is 227 g/mol. The van der Waals surface area contributed by atoms with E-state index in [-0.39, 0.29) is 11.3 Å². The van der Waals surface area contributed by atoms with E-state index in [0.29, 0.717) is 17.4 Å². The van der Waals surface area contributed by atoms with Crippen molar-refractivity contribution in [2.45, 2.75) is 25.7 Å². The molecule has 0 heterocycles. The summed E-state index contributed by atoms with van der Waals surface area (Å²) in [6.45, 7) is 0. The van der Waals surface area contributed by atoms with Gasteiger partial charge in [0.05, 0.1) is 5.56 Å². The molecule has 0 saturated heterocycles. The van der Waals surface area contributed by atoms with Crippen molar-refractivity contribution in [2.75, 3.05) is 0 Å². The lowest BCUT2D eigenvalue weighted by Crippen LogP contribution is -2.02. The van der Waals surface area contributed by atoms with Crippen molar-refractivity contribution in [1.29, 1.82) is 0 Å². The van der Waals surface area contributed by atoms with Gasteiger partial charge in [-0.15, -0.1) is 0 Å². The minimum absolute atomic E-state index is 0.128. The lowest BCUT2D eigenvalue weighted by Gasteiger charge is -2.02. The van der Waals surface area contributed by atoms with Gasteiger partial charge in [-0.3, -0.25) is 4.79 Å². The summed E-state index contributed by atoms with van der Waals surface area (Å²) in [4.78, 5) is 11.7. The second-order valence-electron chi connectivity index (χ2n) is 4.03. The number of rotatable bonds is 4. The third-order valence-corrected chi connectivity index (χ3v) is 2.94. The zero-order valence-electron chi connectivity index (χ0n) is 8.30. The number of carbonyl (C=O) groups excluding carboxylic acids is 1. The summed E-state index contributed by atoms with van der Waals surface area (Å²) in [5, 5.41) is 0.408. The van der Waals surface area contributed by atoms with Gasteiger partial charge in [-0.25, -0.2) is 4.39 Å². The Hall–Kier alpha value is -0.890. The Balaban J connectivity index is 2.05. The Morgan fingerprint density at radius 1 is 1.47 bits per heavy atom. The Bertz CT molecular complexity index is 385. The van der Waals surface area contributed by atoms with Gasteiger partial charge in [-0.1, -0.05) is 24.4 Å². The fourth-order valence-corrected chi connectivity index (χ4v) is 1.76. The van der Waals surface area contributed by atoms with Crippen LogP contribution in [-0.4, -0.2) is 5.78 Å². The Morgan fingerprint density at radius 3 is 2.87 bits per heavy atom. The summed E-state index contributed by atoms with van der Waals surface area (Å²) in [5.41, 5.74) is 0.128. The first-order valence-electron chi connectivity index (χ1n) is 5.15. The van der Waals surface area contributed by atoms with Crippen molar-refractivity contribution in [1.82, 2.24) is 0 Å². The number of Topliss-reactive ketones (excluding diaryl/α,β-unsaturated/α-hetero) is 1. The molecule has 15 heavy (non-hydrogen) atoms. The third kappa shape index (κ3) is 2.78. The predicted molar refractivity (Wildman–Crippen MR) is 57.7 cm³/mol. The molecule has 0 N–H and O–H groups in total. The van der Waals surface area contributed by atoms with Gasteiger partial charge in [0.1, 0.15) is 5.82 Å². The topological polar surface area (TPSA) is 17.1 Å². The maximum atomic E-state index is 13.3. The van der Waals surface area contributed by atoms with Crippen molar-refractivity contribution in [2.24, 2.45) is 5.92 Å². The van der Waals surface area contributed by atoms with E-state index < -0.39 is 5.82 Å². The van der Waals surface area contributed by atoms with Crippen LogP contribution in [0.15, 0.2) is 18.2 Å². The minimum atomic E-state index is -0.472. The van der Waals surface area contributed by atoms with Crippen LogP contribution in [0.4, 0.5) is 4.39 Å². The molecule has 0 radical (unpaired) electrons. The van der Waals surface area contributed by atoms with Gasteiger partial charge in [-0.05, 0) is 30.5 Å². The monoisotopic (exact) mass is 226 g/mol. The Morgan fingerprint density at radius 2 is 2.20 bits per heavy atom. The number of carbonyl (C=O) groups is 1. The molecule has 80 valence electrons. The molecule has 0 aliphatic heterocycles. The van der Waals surface area contributed by atoms with E-state index in [0.717, 1.165) is 6.42 Å². The molecule has 0 atom stereocenters. The summed E-state index contributed by atoms with van der Waals surface area (Å²) in [7, 11) is 0. The molecule has 1 fully saturated rings. The number of hydrogen-bond donors (Lipinski definition) is 0. The third-order valence-electron chi connectivity index (χ3n) is 2.71. The summed E-state index contributed by atoms with van der Waals surface area (Å²) >= 11 is 5.72. The highest BCUT2D eigenvalue weighted by Gasteiger charge is 2.23. The van der Waals surface area contributed by atoms with Gasteiger partial charge in [0.2, 0.25) is 0 Å². The van der Waals surface area contributed by atoms with Crippen LogP contribution in [0.3, 0.4) is 0 Å². The Kier molecular flexibility index (Phi) is 3.06. The summed E-state index contributed by atoms with van der Waals surface area (Å²) in [6.07, 6.45) is 3.74. The molecule has 1 aliphatic rings. The molecule has 1 nitrogen and oxygen atoms in total. The van der Waals surface area contributed by atoms with Gasteiger partial charge in [0.25, 0.3) is 0 Å². The lowest BCUT2D eigenvalue weighted by molar-refractivity contribution is 0.0974. The molecule has 0 aromatic heterocycles. The number of halogens is 2. The predicted octanol–water partition coefficient (Wildman–Crippen LogP) is 3.85. The van der Waals surface area contributed by atoms with Crippen LogP contribution in [-0.2, 0) is 0 Å². The molecule has 2 rings (SSSR count). The first-order chi connectivity index (χ1) is 7.16. The molecule has 1 aromatic rings. The van der Waals surface area contributed by atoms with Gasteiger partial charge in [0, 0.05) is 11.4 Å². The second kappa shape index (κ2) is 4.31. The maximum Gasteiger partial charge on any atom is 0.165 e. The van der Waals surface area contributed by atoms with Crippen molar-refractivity contribution in [3.8, 4) is 0 Å². The first-order valence-corrected chi connectivity index (χ1v) is 5.53. The van der Waals surface area contributed by atoms with Gasteiger partial charge in [-0.2, -0.15) is 0 Å². The van der Waals surface area contributed by atoms with Crippen LogP contribution in [0.2, 0.25) is 5.02 Å². The molecule has 0 unspecified atom stereocenters. The summed E-state index contributed by atoms with van der Waals surface area (Å²) in [5.74, 6) is 0.0818. The van der Waals surface area contributed by atoms with E-state index in [4.69, 9.17) is 11.6 Å². The molecular weight excluding hydrogens is 215 g/mol. The van der Waals surface area contributed by atoms with E-state index in [1.807, 2.05) is 0 Å². The fraction of sp³-hybridized carbons (Fsp3) is 0.417. The SMILES string of the molecule is O=C(CCC1CC1)c1cc(Cl)ccc1F. The lowest BCUT2D eigenvalue weighted by atomic mass is 10.0. The minimum Gasteiger partial charge on any atom is -0.294 e. The van der Waals surface area contributed by atoms with E-state index >= 15 is 0 Å². The van der Waals surface area contributed by atoms with Crippen molar-refractivity contribution in [3.05, 3.63) is 34.6 Å². The van der Waals surface area contributed by atoms with Crippen LogP contribution in [0, 0.1) is 11.7 Å². The van der Waals surface area contributed by atoms with Crippen molar-refractivity contribution < 1.29 is 9.18 Å². The quantitative estimate of drug-likeness (QED) is 0.713. The molecule has 1 saturated carbocycles. The van der Waals surface area contributed by atoms with E-state index in [1.54, 1.807) is 0 Å². The highest BCUT2D eigenvalue weighted by molar-refractivity contribution is 6.31. The van der Waals surface area contributed by atoms with E-state index in [1.165, 1.54) is 31.0 Å². The van der Waals surface area contributed by atoms with E-state index in [2.05, 4.69) is 0 Å². The van der Waals surface area contributed by atoms with Crippen molar-refractivity contribution in [3.63, 3.8) is 0 Å². The van der Waals surface area contributed by atoms with Gasteiger partial charge >= 0.3 is 0 Å². The summed E-state index contributed by atoms with van der Waals surface area (Å²) < 4.78 is 13.3. The molecule has 0 spiro atoms. The zero-order chi connectivity index (χ0) is 10.8. The zero-order valence-corrected chi connectivity index (χ0v) is 9.06. The maximum absolute atomic E-state index is 13.3. The molecular formula is C12H12ClFO. The largest absolute Gasteiger partial charge is 0.294 e. The van der Waals surface area contributed by atoms with Crippen LogP contribution in [0.25, 0.3) is 0 Å². The number of ketones is 1. The average Bonchev–Trinajstić information content (AvgIpc) is 3.02. The smallest absolute Gasteiger partial charge is 0.165 e. The molecule has 3 heteroatoms. The highest BCUT2D eigenvalue weighted by Crippen LogP contribution is 2.34. The van der Waals surface area contributed by atoms with Crippen LogP contribution in [0.5, 0.6) is 0 Å². The second-order valence-corrected chi connectivity index (χ2v) is 4.47. The normalized spacial score (nSPS) is 15.3. The number of benzene rings is 1. The molecule has 0 amide bonds. The van der Waals surface area contributed by atoms with Gasteiger partial charge in [0.15, 0.2) is 5.78 Å². The molecule has 1 aromatic carbocycles. The Labute approximate surface area is 93.2 Å². The standard InChI is InChI=1S/C12H12ClFO/c13-9-4-5-11(14)10(7-9)12(15)6-3-8-1-2-8/h4-5,7-8H,1-3,6H2. The van der Waals surface area contributed by atoms with Gasteiger partial charge < -0.3 is 0 Å². The summed E-state index contributed by atoms with van der Waals surface area (Å²) in [6, 6.07) is 4.10. The fourth-order valence-electron chi connectivity index (χ4n) is 1.59. The molecule has 1 aliphatic carbocycles. The van der Waals surface area contributed by atoms with Crippen molar-refractivity contribution >= 4 is 17.4 Å². The van der Waals surface area contributed by atoms with Crippen LogP contribution < -0.4 is 0 Å². The first kappa shape index (κ1) is 10.6. The molecule has 0 bridgehead atoms. The highest BCUT2D eigenvalue weighted by atomic mass is 35.5. The van der Waals surface area contributed by atoms with E-state index in [9.17, 15) is 9.18 Å². The number of hydrogen-bond acceptors (Lipinski definition) is 1.